The molecule has 0 bridgehead atoms. The predicted octanol–water partition coefficient (Wildman–Crippen LogP) is 1.01. The molecule has 5 heteroatoms. The van der Waals surface area contributed by atoms with Gasteiger partial charge in [0.2, 0.25) is 0 Å². The normalized spacial score (nSPS) is 10.3. The number of methoxy groups -OCH3 is 1. The van der Waals surface area contributed by atoms with Crippen LogP contribution in [-0.4, -0.2) is 31.7 Å². The molecule has 1 heterocycles. The summed E-state index contributed by atoms with van der Waals surface area (Å²) in [4.78, 5) is 15.3. The third-order valence-corrected chi connectivity index (χ3v) is 2.96. The van der Waals surface area contributed by atoms with Gasteiger partial charge >= 0.3 is 5.97 Å². The van der Waals surface area contributed by atoms with E-state index in [1.807, 2.05) is 12.4 Å². The number of carbonyl (C=O) groups excluding carboxylic acids is 1. The summed E-state index contributed by atoms with van der Waals surface area (Å²) < 4.78 is 4.57. The molecular formula is C10H16N2O2S. The minimum atomic E-state index is -0.181. The van der Waals surface area contributed by atoms with Gasteiger partial charge in [-0.2, -0.15) is 0 Å². The van der Waals surface area contributed by atoms with Crippen LogP contribution in [0, 0.1) is 0 Å². The summed E-state index contributed by atoms with van der Waals surface area (Å²) in [7, 11) is 3.33. The minimum Gasteiger partial charge on any atom is -0.469 e. The van der Waals surface area contributed by atoms with Gasteiger partial charge in [-0.05, 0) is 7.05 Å². The van der Waals surface area contributed by atoms with E-state index in [-0.39, 0.29) is 5.97 Å². The molecule has 0 aromatic carbocycles. The first-order valence-electron chi connectivity index (χ1n) is 4.91. The van der Waals surface area contributed by atoms with Crippen molar-refractivity contribution in [2.75, 3.05) is 20.7 Å². The first kappa shape index (κ1) is 12.1. The third kappa shape index (κ3) is 4.40. The van der Waals surface area contributed by atoms with Crippen LogP contribution in [0.15, 0.2) is 5.38 Å². The van der Waals surface area contributed by atoms with Gasteiger partial charge in [-0.3, -0.25) is 4.79 Å². The summed E-state index contributed by atoms with van der Waals surface area (Å²) in [6.45, 7) is 0.934. The van der Waals surface area contributed by atoms with Crippen LogP contribution in [0.2, 0.25) is 0 Å². The van der Waals surface area contributed by atoms with E-state index in [9.17, 15) is 4.79 Å². The van der Waals surface area contributed by atoms with Crippen molar-refractivity contribution < 1.29 is 9.53 Å². The van der Waals surface area contributed by atoms with Crippen molar-refractivity contribution in [1.82, 2.24) is 10.3 Å². The molecule has 84 valence electrons. The van der Waals surface area contributed by atoms with E-state index in [0.717, 1.165) is 23.7 Å². The Kier molecular flexibility index (Phi) is 5.28. The average molecular weight is 228 g/mol. The van der Waals surface area contributed by atoms with Crippen LogP contribution in [-0.2, 0) is 22.4 Å². The van der Waals surface area contributed by atoms with Crippen molar-refractivity contribution >= 4 is 17.3 Å². The molecule has 1 N–H and O–H groups in total. The number of nitrogens with zero attached hydrogens (tertiary/aromatic N) is 1. The lowest BCUT2D eigenvalue weighted by molar-refractivity contribution is -0.140. The quantitative estimate of drug-likeness (QED) is 0.738. The molecule has 1 aromatic rings. The lowest BCUT2D eigenvalue weighted by Gasteiger charge is -1.96. The molecule has 0 saturated carbocycles. The van der Waals surface area contributed by atoms with Crippen molar-refractivity contribution in [3.8, 4) is 0 Å². The number of hydrogen-bond donors (Lipinski definition) is 1. The fraction of sp³-hybridized carbons (Fsp3) is 0.600. The van der Waals surface area contributed by atoms with Crippen molar-refractivity contribution in [3.05, 3.63) is 16.1 Å². The fourth-order valence-electron chi connectivity index (χ4n) is 1.14. The number of aromatic nitrogens is 1. The maximum atomic E-state index is 10.9. The monoisotopic (exact) mass is 228 g/mol. The van der Waals surface area contributed by atoms with Gasteiger partial charge in [-0.15, -0.1) is 11.3 Å². The van der Waals surface area contributed by atoms with Crippen molar-refractivity contribution in [1.29, 1.82) is 0 Å². The van der Waals surface area contributed by atoms with Gasteiger partial charge in [-0.25, -0.2) is 4.98 Å². The minimum absolute atomic E-state index is 0.181. The Bertz CT molecular complexity index is 312. The largest absolute Gasteiger partial charge is 0.469 e. The van der Waals surface area contributed by atoms with Gasteiger partial charge in [0.25, 0.3) is 0 Å². The van der Waals surface area contributed by atoms with Gasteiger partial charge in [0.15, 0.2) is 0 Å². The molecule has 1 aromatic heterocycles. The van der Waals surface area contributed by atoms with Crippen LogP contribution >= 0.6 is 11.3 Å². The fourth-order valence-corrected chi connectivity index (χ4v) is 1.98. The number of thiazole rings is 1. The second-order valence-corrected chi connectivity index (χ2v) is 4.10. The molecule has 0 amide bonds. The number of aryl methyl sites for hydroxylation is 1. The highest BCUT2D eigenvalue weighted by Gasteiger charge is 2.05. The zero-order valence-corrected chi connectivity index (χ0v) is 9.89. The van der Waals surface area contributed by atoms with E-state index < -0.39 is 0 Å². The van der Waals surface area contributed by atoms with Gasteiger partial charge in [0.1, 0.15) is 0 Å². The molecule has 0 aliphatic rings. The zero-order valence-electron chi connectivity index (χ0n) is 9.08. The van der Waals surface area contributed by atoms with Crippen LogP contribution in [0.1, 0.15) is 17.1 Å². The van der Waals surface area contributed by atoms with E-state index in [4.69, 9.17) is 0 Å². The van der Waals surface area contributed by atoms with Gasteiger partial charge in [-0.1, -0.05) is 0 Å². The van der Waals surface area contributed by atoms with E-state index in [2.05, 4.69) is 15.0 Å². The first-order valence-corrected chi connectivity index (χ1v) is 5.79. The third-order valence-electron chi connectivity index (χ3n) is 2.00. The van der Waals surface area contributed by atoms with Gasteiger partial charge in [0.05, 0.1) is 24.2 Å². The van der Waals surface area contributed by atoms with Crippen molar-refractivity contribution in [3.63, 3.8) is 0 Å². The number of esters is 1. The van der Waals surface area contributed by atoms with Crippen LogP contribution in [0.25, 0.3) is 0 Å². The number of rotatable bonds is 6. The molecule has 4 nitrogen and oxygen atoms in total. The number of ether oxygens (including phenoxy) is 1. The summed E-state index contributed by atoms with van der Waals surface area (Å²) in [5, 5.41) is 6.20. The van der Waals surface area contributed by atoms with E-state index in [1.54, 1.807) is 11.3 Å². The molecule has 0 saturated heterocycles. The Balaban J connectivity index is 2.35. The zero-order chi connectivity index (χ0) is 11.1. The maximum absolute atomic E-state index is 10.9. The van der Waals surface area contributed by atoms with Crippen molar-refractivity contribution in [2.24, 2.45) is 0 Å². The summed E-state index contributed by atoms with van der Waals surface area (Å²) in [6.07, 6.45) is 2.02. The lowest BCUT2D eigenvalue weighted by atomic mass is 10.2. The average Bonchev–Trinajstić information content (AvgIpc) is 2.71. The number of likely N-dealkylation sites (N-methyl/N-ethyl adjacent to an activating group) is 1. The van der Waals surface area contributed by atoms with Crippen LogP contribution < -0.4 is 5.32 Å². The Labute approximate surface area is 93.7 Å². The highest BCUT2D eigenvalue weighted by atomic mass is 32.1. The Hall–Kier alpha value is -0.940. The maximum Gasteiger partial charge on any atom is 0.305 e. The van der Waals surface area contributed by atoms with Crippen molar-refractivity contribution in [2.45, 2.75) is 19.3 Å². The second kappa shape index (κ2) is 6.53. The molecule has 0 radical (unpaired) electrons. The number of hydrogen-bond acceptors (Lipinski definition) is 5. The molecule has 0 fully saturated rings. The molecule has 0 spiro atoms. The summed E-state index contributed by atoms with van der Waals surface area (Å²) in [5.74, 6) is -0.181. The highest BCUT2D eigenvalue weighted by molar-refractivity contribution is 7.09. The lowest BCUT2D eigenvalue weighted by Crippen LogP contribution is -2.10. The topological polar surface area (TPSA) is 51.2 Å². The van der Waals surface area contributed by atoms with E-state index >= 15 is 0 Å². The summed E-state index contributed by atoms with van der Waals surface area (Å²) in [5.41, 5.74) is 0.983. The highest BCUT2D eigenvalue weighted by Crippen LogP contribution is 2.11. The molecule has 0 aliphatic heterocycles. The van der Waals surface area contributed by atoms with Crippen LogP contribution in [0.5, 0.6) is 0 Å². The van der Waals surface area contributed by atoms with E-state index in [1.165, 1.54) is 7.11 Å². The standard InChI is InChI=1S/C10H16N2O2S/c1-11-6-5-9-12-8(7-15-9)3-4-10(13)14-2/h7,11H,3-6H2,1-2H3. The van der Waals surface area contributed by atoms with Gasteiger partial charge < -0.3 is 10.1 Å². The second-order valence-electron chi connectivity index (χ2n) is 3.16. The molecule has 15 heavy (non-hydrogen) atoms. The number of carbonyl (C=O) groups is 1. The molecule has 1 rings (SSSR count). The Morgan fingerprint density at radius 2 is 2.40 bits per heavy atom. The predicted molar refractivity (Wildman–Crippen MR) is 60.1 cm³/mol. The van der Waals surface area contributed by atoms with Crippen LogP contribution in [0.4, 0.5) is 0 Å². The summed E-state index contributed by atoms with van der Waals surface area (Å²) >= 11 is 1.65. The Morgan fingerprint density at radius 1 is 1.60 bits per heavy atom. The SMILES string of the molecule is CNCCc1nc(CCC(=O)OC)cs1. The Morgan fingerprint density at radius 3 is 3.07 bits per heavy atom. The van der Waals surface area contributed by atoms with Gasteiger partial charge in [0, 0.05) is 24.8 Å². The molecule has 0 unspecified atom stereocenters. The van der Waals surface area contributed by atoms with Crippen LogP contribution in [0.3, 0.4) is 0 Å². The first-order chi connectivity index (χ1) is 7.26. The molecule has 0 atom stereocenters. The molecule has 0 aliphatic carbocycles. The number of nitrogens with one attached hydrogen (secondary N) is 1. The summed E-state index contributed by atoms with van der Waals surface area (Å²) in [6, 6.07) is 0. The smallest absolute Gasteiger partial charge is 0.305 e. The molecular weight excluding hydrogens is 212 g/mol. The van der Waals surface area contributed by atoms with E-state index in [0.29, 0.717) is 12.8 Å².